The summed E-state index contributed by atoms with van der Waals surface area (Å²) in [5, 5.41) is 7.23. The summed E-state index contributed by atoms with van der Waals surface area (Å²) in [6.45, 7) is 24.1. The normalized spacial score (nSPS) is 14.1. The molecular formula is C76H75Br2NO4. The molecule has 0 unspecified atom stereocenters. The third-order valence-corrected chi connectivity index (χ3v) is 19.1. The van der Waals surface area contributed by atoms with Crippen LogP contribution >= 0.6 is 31.9 Å². The van der Waals surface area contributed by atoms with E-state index in [4.69, 9.17) is 9.47 Å². The topological polar surface area (TPSA) is 55.8 Å². The summed E-state index contributed by atoms with van der Waals surface area (Å²) in [5.41, 5.74) is 11.8. The quantitative estimate of drug-likeness (QED) is 0.0419. The third kappa shape index (κ3) is 9.86. The first-order chi connectivity index (χ1) is 39.7. The zero-order valence-electron chi connectivity index (χ0n) is 50.0. The van der Waals surface area contributed by atoms with E-state index in [9.17, 15) is 0 Å². The van der Waals surface area contributed by atoms with E-state index in [1.807, 2.05) is 42.5 Å². The molecule has 0 fully saturated rings. The van der Waals surface area contributed by atoms with E-state index in [1.165, 1.54) is 75.9 Å². The molecule has 0 N–H and O–H groups in total. The predicted molar refractivity (Wildman–Crippen MR) is 354 cm³/mol. The van der Waals surface area contributed by atoms with Gasteiger partial charge in [0.2, 0.25) is 0 Å². The molecule has 0 spiro atoms. The van der Waals surface area contributed by atoms with Gasteiger partial charge in [0.25, 0.3) is 11.8 Å². The zero-order valence-corrected chi connectivity index (χ0v) is 53.2. The Hall–Kier alpha value is -6.80. The summed E-state index contributed by atoms with van der Waals surface area (Å²) in [6.07, 6.45) is 9.03. The van der Waals surface area contributed by atoms with Gasteiger partial charge < -0.3 is 9.47 Å². The lowest BCUT2D eigenvalue weighted by Gasteiger charge is -2.34. The highest BCUT2D eigenvalue weighted by Gasteiger charge is 2.45. The SMILES string of the molecule is CCCCCCCCC1(Cc2ccc3c4c(Oc5ccc(C(C)(C)C)cc5)cc5c6c(cc(Oc7ccc(C(C)(C)C)cc7)c(c7cccc2c73)c64)C(=O)N(c2c(C(C)C)cccc2C(C)C)C5=O)c2cc(Br)ccc2-c2ccc(Br)cc21. The lowest BCUT2D eigenvalue weighted by Crippen LogP contribution is -2.42. The molecule has 83 heavy (non-hydrogen) atoms. The maximum atomic E-state index is 16.0. The number of hydrogen-bond acceptors (Lipinski definition) is 4. The molecule has 12 rings (SSSR count). The number of benzene rings is 10. The van der Waals surface area contributed by atoms with Crippen LogP contribution in [0.4, 0.5) is 5.69 Å². The summed E-state index contributed by atoms with van der Waals surface area (Å²) in [7, 11) is 0. The number of ether oxygens (including phenoxy) is 2. The fourth-order valence-electron chi connectivity index (χ4n) is 13.8. The highest BCUT2D eigenvalue weighted by molar-refractivity contribution is 9.10. The van der Waals surface area contributed by atoms with Gasteiger partial charge >= 0.3 is 0 Å². The minimum absolute atomic E-state index is 0.0280. The first kappa shape index (κ1) is 56.7. The zero-order chi connectivity index (χ0) is 58.4. The van der Waals surface area contributed by atoms with Crippen LogP contribution in [0.5, 0.6) is 23.0 Å². The van der Waals surface area contributed by atoms with Gasteiger partial charge in [-0.2, -0.15) is 0 Å². The number of imide groups is 1. The number of carbonyl (C=O) groups is 2. The van der Waals surface area contributed by atoms with E-state index >= 15 is 9.59 Å². The van der Waals surface area contributed by atoms with Gasteiger partial charge in [-0.05, 0) is 168 Å². The number of anilines is 1. The molecule has 1 aliphatic carbocycles. The van der Waals surface area contributed by atoms with Gasteiger partial charge in [-0.1, -0.05) is 231 Å². The molecule has 422 valence electrons. The molecule has 7 heteroatoms. The van der Waals surface area contributed by atoms with Crippen LogP contribution in [0, 0.1) is 0 Å². The van der Waals surface area contributed by atoms with Gasteiger partial charge in [-0.3, -0.25) is 9.59 Å². The maximum absolute atomic E-state index is 16.0. The molecule has 0 saturated heterocycles. The fraction of sp³-hybridized carbons (Fsp3) is 0.316. The minimum Gasteiger partial charge on any atom is -0.457 e. The second-order valence-corrected chi connectivity index (χ2v) is 28.1. The number of para-hydroxylation sites is 1. The molecule has 5 nitrogen and oxygen atoms in total. The smallest absolute Gasteiger partial charge is 0.266 e. The van der Waals surface area contributed by atoms with Gasteiger partial charge in [0, 0.05) is 35.9 Å². The minimum atomic E-state index is -0.375. The predicted octanol–water partition coefficient (Wildman–Crippen LogP) is 22.7. The summed E-state index contributed by atoms with van der Waals surface area (Å²) >= 11 is 7.89. The Labute approximate surface area is 507 Å². The van der Waals surface area contributed by atoms with E-state index < -0.39 is 0 Å². The van der Waals surface area contributed by atoms with Gasteiger partial charge in [0.15, 0.2) is 0 Å². The lowest BCUT2D eigenvalue weighted by atomic mass is 9.69. The molecule has 10 aromatic carbocycles. The van der Waals surface area contributed by atoms with Gasteiger partial charge in [0.1, 0.15) is 23.0 Å². The van der Waals surface area contributed by atoms with Crippen LogP contribution in [0.25, 0.3) is 54.2 Å². The number of hydrogen-bond donors (Lipinski definition) is 0. The number of amides is 2. The van der Waals surface area contributed by atoms with E-state index in [-0.39, 0.29) is 39.9 Å². The van der Waals surface area contributed by atoms with Gasteiger partial charge in [0.05, 0.1) is 16.8 Å². The third-order valence-electron chi connectivity index (χ3n) is 18.1. The average Bonchev–Trinajstić information content (AvgIpc) is 1.14. The molecule has 2 aliphatic rings. The van der Waals surface area contributed by atoms with Crippen LogP contribution in [0.2, 0.25) is 0 Å². The average molecular weight is 1230 g/mol. The van der Waals surface area contributed by atoms with E-state index in [0.29, 0.717) is 45.2 Å². The highest BCUT2D eigenvalue weighted by Crippen LogP contribution is 2.57. The molecule has 0 saturated carbocycles. The van der Waals surface area contributed by atoms with Crippen molar-refractivity contribution in [1.29, 1.82) is 0 Å². The molecule has 0 aromatic heterocycles. The van der Waals surface area contributed by atoms with Crippen LogP contribution in [0.1, 0.15) is 193 Å². The monoisotopic (exact) mass is 1220 g/mol. The van der Waals surface area contributed by atoms with Crippen molar-refractivity contribution in [3.63, 3.8) is 0 Å². The molecule has 0 bridgehead atoms. The first-order valence-corrected chi connectivity index (χ1v) is 31.7. The number of nitrogens with zero attached hydrogens (tertiary/aromatic N) is 1. The summed E-state index contributed by atoms with van der Waals surface area (Å²) < 4.78 is 16.7. The standard InChI is InChI=1S/C76H75Br2NO4/c1-12-13-14-15-16-17-38-76(62-39-49(77)29-36-56(62)57-37-30-50(78)40-63(57)76)43-46-24-35-59-66-55(46)22-19-23-58(66)68-64(82-51-31-25-47(26-32-51)74(6,7)8)41-60-67-61(42-65(69(59)70(67)68)83-52-33-27-48(28-34-52)75(9,10)11)73(81)79(72(60)80)71-53(44(2)3)20-18-21-54(71)45(4)5/h18-37,39-42,44-45H,12-17,38,43H2,1-11H3. The van der Waals surface area contributed by atoms with Crippen molar-refractivity contribution in [1.82, 2.24) is 0 Å². The lowest BCUT2D eigenvalue weighted by molar-refractivity contribution is 0.0892. The molecule has 0 radical (unpaired) electrons. The van der Waals surface area contributed by atoms with Gasteiger partial charge in [-0.15, -0.1) is 0 Å². The van der Waals surface area contributed by atoms with Crippen molar-refractivity contribution in [2.75, 3.05) is 4.90 Å². The Morgan fingerprint density at radius 2 is 0.952 bits per heavy atom. The number of halogens is 2. The van der Waals surface area contributed by atoms with Crippen LogP contribution in [0.3, 0.4) is 0 Å². The molecule has 0 atom stereocenters. The highest BCUT2D eigenvalue weighted by atomic mass is 79.9. The number of carbonyl (C=O) groups excluding carboxylic acids is 2. The summed E-state index contributed by atoms with van der Waals surface area (Å²) in [5.74, 6) is 1.68. The maximum Gasteiger partial charge on any atom is 0.266 e. The Bertz CT molecular complexity index is 3980. The molecule has 2 amide bonds. The van der Waals surface area contributed by atoms with Crippen molar-refractivity contribution >= 4 is 92.5 Å². The van der Waals surface area contributed by atoms with Crippen LogP contribution < -0.4 is 14.4 Å². The van der Waals surface area contributed by atoms with Crippen LogP contribution in [0.15, 0.2) is 155 Å². The first-order valence-electron chi connectivity index (χ1n) is 30.1. The Morgan fingerprint density at radius 3 is 1.45 bits per heavy atom. The van der Waals surface area contributed by atoms with E-state index in [0.717, 1.165) is 77.0 Å². The summed E-state index contributed by atoms with van der Waals surface area (Å²) in [4.78, 5) is 33.4. The second kappa shape index (κ2) is 21.7. The van der Waals surface area contributed by atoms with Gasteiger partial charge in [-0.25, -0.2) is 4.90 Å². The number of unbranched alkanes of at least 4 members (excludes halogenated alkanes) is 5. The Morgan fingerprint density at radius 1 is 0.482 bits per heavy atom. The molecule has 10 aromatic rings. The van der Waals surface area contributed by atoms with Crippen molar-refractivity contribution in [3.8, 4) is 34.1 Å². The van der Waals surface area contributed by atoms with Crippen LogP contribution in [-0.4, -0.2) is 11.8 Å². The van der Waals surface area contributed by atoms with Crippen LogP contribution in [-0.2, 0) is 22.7 Å². The second-order valence-electron chi connectivity index (χ2n) is 26.3. The Kier molecular flexibility index (Phi) is 14.8. The van der Waals surface area contributed by atoms with Crippen molar-refractivity contribution in [2.24, 2.45) is 0 Å². The molecular weight excluding hydrogens is 1150 g/mol. The van der Waals surface area contributed by atoms with Crippen molar-refractivity contribution < 1.29 is 19.1 Å². The van der Waals surface area contributed by atoms with E-state index in [2.05, 4.69) is 211 Å². The van der Waals surface area contributed by atoms with Crippen molar-refractivity contribution in [2.45, 2.75) is 156 Å². The number of rotatable bonds is 16. The molecule has 1 heterocycles. The molecule has 1 aliphatic heterocycles. The fourth-order valence-corrected chi connectivity index (χ4v) is 14.5. The summed E-state index contributed by atoms with van der Waals surface area (Å²) in [6, 6.07) is 51.7. The van der Waals surface area contributed by atoms with Crippen molar-refractivity contribution in [3.05, 3.63) is 205 Å². The number of fused-ring (bicyclic) bond motifs is 5. The van der Waals surface area contributed by atoms with E-state index in [1.54, 1.807) is 0 Å². The Balaban J connectivity index is 1.16. The largest absolute Gasteiger partial charge is 0.457 e.